The molecule has 140 valence electrons. The van der Waals surface area contributed by atoms with Gasteiger partial charge in [0.05, 0.1) is 33.6 Å². The number of carbonyl (C=O) groups is 1. The second-order valence-corrected chi connectivity index (χ2v) is 6.93. The number of pyridine rings is 1. The number of benzene rings is 2. The van der Waals surface area contributed by atoms with Gasteiger partial charge in [-0.2, -0.15) is 5.10 Å². The highest BCUT2D eigenvalue weighted by molar-refractivity contribution is 6.44. The lowest BCUT2D eigenvalue weighted by molar-refractivity contribution is 0.262. The van der Waals surface area contributed by atoms with Crippen molar-refractivity contribution in [2.24, 2.45) is 7.05 Å². The van der Waals surface area contributed by atoms with Crippen LogP contribution < -0.4 is 10.6 Å². The van der Waals surface area contributed by atoms with E-state index in [4.69, 9.17) is 23.2 Å². The predicted molar refractivity (Wildman–Crippen MR) is 113 cm³/mol. The first-order valence-corrected chi connectivity index (χ1v) is 9.16. The van der Waals surface area contributed by atoms with Crippen LogP contribution in [0.1, 0.15) is 0 Å². The Balaban J connectivity index is 1.52. The Kier molecular flexibility index (Phi) is 4.90. The van der Waals surface area contributed by atoms with Crippen LogP contribution in [0.4, 0.5) is 16.2 Å². The zero-order valence-electron chi connectivity index (χ0n) is 14.8. The Hall–Kier alpha value is -3.09. The number of hydrogen-bond donors (Lipinski definition) is 2. The first-order valence-electron chi connectivity index (χ1n) is 8.41. The molecule has 0 spiro atoms. The number of aryl methyl sites for hydroxylation is 1. The van der Waals surface area contributed by atoms with E-state index in [0.29, 0.717) is 21.4 Å². The minimum absolute atomic E-state index is 0.298. The van der Waals surface area contributed by atoms with Crippen molar-refractivity contribution in [3.8, 4) is 11.1 Å². The lowest BCUT2D eigenvalue weighted by Crippen LogP contribution is -2.19. The van der Waals surface area contributed by atoms with Crippen LogP contribution in [0.3, 0.4) is 0 Å². The van der Waals surface area contributed by atoms with Gasteiger partial charge in [-0.25, -0.2) is 4.79 Å². The van der Waals surface area contributed by atoms with E-state index < -0.39 is 6.03 Å². The summed E-state index contributed by atoms with van der Waals surface area (Å²) in [6.45, 7) is 0. The molecular formula is C20H15Cl2N5O. The molecule has 0 aliphatic rings. The number of urea groups is 1. The van der Waals surface area contributed by atoms with Crippen LogP contribution in [0.15, 0.2) is 61.1 Å². The van der Waals surface area contributed by atoms with Gasteiger partial charge in [-0.05, 0) is 29.8 Å². The van der Waals surface area contributed by atoms with Crippen molar-refractivity contribution in [3.05, 3.63) is 71.1 Å². The van der Waals surface area contributed by atoms with Crippen molar-refractivity contribution in [1.82, 2.24) is 14.8 Å². The molecule has 8 heteroatoms. The number of rotatable bonds is 3. The van der Waals surface area contributed by atoms with Crippen LogP contribution in [-0.4, -0.2) is 20.8 Å². The number of anilines is 2. The summed E-state index contributed by atoms with van der Waals surface area (Å²) in [5.74, 6) is 0. The van der Waals surface area contributed by atoms with Crippen LogP contribution in [0, 0.1) is 0 Å². The molecule has 2 amide bonds. The average molecular weight is 412 g/mol. The maximum absolute atomic E-state index is 12.2. The summed E-state index contributed by atoms with van der Waals surface area (Å²) in [5.41, 5.74) is 4.00. The van der Waals surface area contributed by atoms with Gasteiger partial charge in [0.15, 0.2) is 0 Å². The molecule has 0 unspecified atom stereocenters. The highest BCUT2D eigenvalue weighted by Gasteiger charge is 2.10. The number of hydrogen-bond acceptors (Lipinski definition) is 3. The fraction of sp³-hybridized carbons (Fsp3) is 0.0500. The topological polar surface area (TPSA) is 71.8 Å². The van der Waals surface area contributed by atoms with Gasteiger partial charge in [0, 0.05) is 29.9 Å². The molecule has 0 saturated carbocycles. The van der Waals surface area contributed by atoms with E-state index >= 15 is 0 Å². The number of amides is 2. The van der Waals surface area contributed by atoms with Crippen molar-refractivity contribution in [2.45, 2.75) is 0 Å². The highest BCUT2D eigenvalue weighted by Crippen LogP contribution is 2.30. The Morgan fingerprint density at radius 3 is 2.57 bits per heavy atom. The summed E-state index contributed by atoms with van der Waals surface area (Å²) in [6, 6.07) is 12.1. The third-order valence-corrected chi connectivity index (χ3v) is 5.15. The molecule has 0 radical (unpaired) electrons. The predicted octanol–water partition coefficient (Wildman–Crippen LogP) is 5.59. The fourth-order valence-corrected chi connectivity index (χ4v) is 3.26. The molecule has 28 heavy (non-hydrogen) atoms. The minimum Gasteiger partial charge on any atom is -0.308 e. The summed E-state index contributed by atoms with van der Waals surface area (Å²) in [5, 5.41) is 11.4. The zero-order chi connectivity index (χ0) is 19.7. The van der Waals surface area contributed by atoms with Gasteiger partial charge in [0.1, 0.15) is 0 Å². The molecule has 4 aromatic rings. The molecule has 2 heterocycles. The summed E-state index contributed by atoms with van der Waals surface area (Å²) in [6.07, 6.45) is 5.41. The largest absolute Gasteiger partial charge is 0.323 e. The van der Waals surface area contributed by atoms with Crippen molar-refractivity contribution >= 4 is 51.5 Å². The van der Waals surface area contributed by atoms with Crippen molar-refractivity contribution in [2.75, 3.05) is 10.6 Å². The molecule has 0 saturated heterocycles. The van der Waals surface area contributed by atoms with Gasteiger partial charge in [0.2, 0.25) is 0 Å². The second kappa shape index (κ2) is 7.50. The SMILES string of the molecule is Cn1ncc2c(-c3ccc(NC(=O)Nc4cccc(Cl)c4Cl)cc3)cncc21. The van der Waals surface area contributed by atoms with Gasteiger partial charge in [-0.1, -0.05) is 41.4 Å². The average Bonchev–Trinajstić information content (AvgIpc) is 3.07. The lowest BCUT2D eigenvalue weighted by atomic mass is 10.0. The number of nitrogens with zero attached hydrogens (tertiary/aromatic N) is 3. The summed E-state index contributed by atoms with van der Waals surface area (Å²) in [7, 11) is 1.88. The van der Waals surface area contributed by atoms with Gasteiger partial charge >= 0.3 is 6.03 Å². The fourth-order valence-electron chi connectivity index (χ4n) is 2.91. The van der Waals surface area contributed by atoms with Crippen LogP contribution >= 0.6 is 23.2 Å². The van der Waals surface area contributed by atoms with Gasteiger partial charge < -0.3 is 10.6 Å². The van der Waals surface area contributed by atoms with Crippen molar-refractivity contribution < 1.29 is 4.79 Å². The molecule has 0 atom stereocenters. The molecule has 2 N–H and O–H groups in total. The normalized spacial score (nSPS) is 10.8. The standard InChI is InChI=1S/C20H15Cl2N5O/c1-27-18-11-23-9-14(15(18)10-24-27)12-5-7-13(8-6-12)25-20(28)26-17-4-2-3-16(21)19(17)22/h2-11H,1H3,(H2,25,26,28). The van der Waals surface area contributed by atoms with E-state index in [0.717, 1.165) is 22.0 Å². The Morgan fingerprint density at radius 2 is 1.79 bits per heavy atom. The Bertz CT molecular complexity index is 1170. The van der Waals surface area contributed by atoms with E-state index in [9.17, 15) is 4.79 Å². The van der Waals surface area contributed by atoms with Crippen molar-refractivity contribution in [3.63, 3.8) is 0 Å². The molecule has 0 bridgehead atoms. The molecule has 0 aliphatic carbocycles. The number of halogens is 2. The first-order chi connectivity index (χ1) is 13.5. The van der Waals surface area contributed by atoms with Gasteiger partial charge in [-0.15, -0.1) is 0 Å². The smallest absolute Gasteiger partial charge is 0.308 e. The van der Waals surface area contributed by atoms with Crippen LogP contribution in [0.2, 0.25) is 10.0 Å². The highest BCUT2D eigenvalue weighted by atomic mass is 35.5. The Morgan fingerprint density at radius 1 is 1.00 bits per heavy atom. The monoisotopic (exact) mass is 411 g/mol. The third kappa shape index (κ3) is 3.52. The molecule has 0 aliphatic heterocycles. The zero-order valence-corrected chi connectivity index (χ0v) is 16.3. The molecule has 4 rings (SSSR count). The van der Waals surface area contributed by atoms with Crippen LogP contribution in [0.5, 0.6) is 0 Å². The molecule has 0 fully saturated rings. The van der Waals surface area contributed by atoms with Crippen molar-refractivity contribution in [1.29, 1.82) is 0 Å². The van der Waals surface area contributed by atoms with Gasteiger partial charge in [-0.3, -0.25) is 9.67 Å². The van der Waals surface area contributed by atoms with E-state index in [2.05, 4.69) is 20.7 Å². The third-order valence-electron chi connectivity index (χ3n) is 4.33. The molecule has 2 aromatic heterocycles. The maximum Gasteiger partial charge on any atom is 0.323 e. The van der Waals surface area contributed by atoms with Crippen LogP contribution in [-0.2, 0) is 7.05 Å². The van der Waals surface area contributed by atoms with E-state index in [1.165, 1.54) is 0 Å². The summed E-state index contributed by atoms with van der Waals surface area (Å²) < 4.78 is 1.78. The molecule has 6 nitrogen and oxygen atoms in total. The lowest BCUT2D eigenvalue weighted by Gasteiger charge is -2.10. The number of carbonyl (C=O) groups excluding carboxylic acids is 1. The molecular weight excluding hydrogens is 397 g/mol. The van der Waals surface area contributed by atoms with E-state index in [1.807, 2.05) is 37.5 Å². The first kappa shape index (κ1) is 18.3. The number of aromatic nitrogens is 3. The molecule has 2 aromatic carbocycles. The maximum atomic E-state index is 12.2. The van der Waals surface area contributed by atoms with Gasteiger partial charge in [0.25, 0.3) is 0 Å². The summed E-state index contributed by atoms with van der Waals surface area (Å²) >= 11 is 12.1. The minimum atomic E-state index is -0.409. The van der Waals surface area contributed by atoms with E-state index in [-0.39, 0.29) is 0 Å². The quantitative estimate of drug-likeness (QED) is 0.461. The van der Waals surface area contributed by atoms with Crippen LogP contribution in [0.25, 0.3) is 22.0 Å². The van der Waals surface area contributed by atoms with E-state index in [1.54, 1.807) is 35.3 Å². The summed E-state index contributed by atoms with van der Waals surface area (Å²) in [4.78, 5) is 16.5. The number of fused-ring (bicyclic) bond motifs is 1. The second-order valence-electron chi connectivity index (χ2n) is 6.15. The Labute approximate surface area is 171 Å². The number of nitrogens with one attached hydrogen (secondary N) is 2.